The average molecular weight is 419 g/mol. The largest absolute Gasteiger partial charge is 0.354 e. The van der Waals surface area contributed by atoms with Crippen LogP contribution in [0.3, 0.4) is 0 Å². The fourth-order valence-electron chi connectivity index (χ4n) is 4.80. The molecule has 31 heavy (non-hydrogen) atoms. The molecule has 0 radical (unpaired) electrons. The van der Waals surface area contributed by atoms with Crippen LogP contribution < -0.4 is 10.2 Å². The van der Waals surface area contributed by atoms with Crippen molar-refractivity contribution in [1.29, 1.82) is 0 Å². The van der Waals surface area contributed by atoms with Gasteiger partial charge in [0.05, 0.1) is 5.92 Å². The van der Waals surface area contributed by atoms with Crippen LogP contribution in [0.1, 0.15) is 49.1 Å². The van der Waals surface area contributed by atoms with Crippen LogP contribution in [-0.2, 0) is 17.8 Å². The van der Waals surface area contributed by atoms with E-state index in [1.807, 2.05) is 12.1 Å². The molecule has 2 aliphatic heterocycles. The molecule has 1 saturated heterocycles. The van der Waals surface area contributed by atoms with Crippen molar-refractivity contribution >= 4 is 28.6 Å². The average Bonchev–Trinajstić information content (AvgIpc) is 2.97. The van der Waals surface area contributed by atoms with Crippen molar-refractivity contribution < 1.29 is 4.79 Å². The third kappa shape index (κ3) is 3.89. The fourth-order valence-corrected chi connectivity index (χ4v) is 4.80. The van der Waals surface area contributed by atoms with E-state index in [1.165, 1.54) is 30.4 Å². The van der Waals surface area contributed by atoms with E-state index in [9.17, 15) is 4.79 Å². The molecule has 7 heteroatoms. The zero-order valence-electron chi connectivity index (χ0n) is 18.4. The van der Waals surface area contributed by atoms with E-state index in [1.54, 1.807) is 6.33 Å². The summed E-state index contributed by atoms with van der Waals surface area (Å²) in [7, 11) is 0. The summed E-state index contributed by atoms with van der Waals surface area (Å²) in [5, 5.41) is 3.12. The number of nitrogens with zero attached hydrogens (tertiary/aromatic N) is 5. The predicted molar refractivity (Wildman–Crippen MR) is 122 cm³/mol. The Morgan fingerprint density at radius 1 is 1.06 bits per heavy atom. The number of carbonyl (C=O) groups excluding carboxylic acids is 1. The second-order valence-electron chi connectivity index (χ2n) is 8.93. The summed E-state index contributed by atoms with van der Waals surface area (Å²) in [5.74, 6) is 2.00. The predicted octanol–water partition coefficient (Wildman–Crippen LogP) is 4.02. The van der Waals surface area contributed by atoms with Gasteiger partial charge in [-0.2, -0.15) is 0 Å². The summed E-state index contributed by atoms with van der Waals surface area (Å²) < 4.78 is 2.27. The highest BCUT2D eigenvalue weighted by Crippen LogP contribution is 2.30. The number of piperidine rings is 1. The number of hydrogen-bond acceptors (Lipinski definition) is 5. The van der Waals surface area contributed by atoms with Gasteiger partial charge in [0.2, 0.25) is 5.91 Å². The lowest BCUT2D eigenvalue weighted by atomic mass is 9.96. The molecule has 1 atom stereocenters. The van der Waals surface area contributed by atoms with Gasteiger partial charge in [-0.05, 0) is 62.8 Å². The minimum Gasteiger partial charge on any atom is -0.354 e. The Labute approximate surface area is 182 Å². The van der Waals surface area contributed by atoms with Crippen molar-refractivity contribution in [2.75, 3.05) is 23.3 Å². The molecule has 5 rings (SSSR count). The van der Waals surface area contributed by atoms with Gasteiger partial charge in [-0.1, -0.05) is 12.5 Å². The van der Waals surface area contributed by atoms with Crippen LogP contribution in [0.4, 0.5) is 11.5 Å². The number of nitrogens with one attached hydrogen (secondary N) is 1. The summed E-state index contributed by atoms with van der Waals surface area (Å²) in [6, 6.07) is 6.07. The lowest BCUT2D eigenvalue weighted by Crippen LogP contribution is -2.41. The topological polar surface area (TPSA) is 75.9 Å². The second-order valence-corrected chi connectivity index (χ2v) is 8.93. The second kappa shape index (κ2) is 8.29. The minimum absolute atomic E-state index is 0.0687. The maximum absolute atomic E-state index is 13.0. The molecule has 0 unspecified atom stereocenters. The van der Waals surface area contributed by atoms with E-state index in [-0.39, 0.29) is 11.8 Å². The van der Waals surface area contributed by atoms with Crippen LogP contribution in [0.2, 0.25) is 0 Å². The first kappa shape index (κ1) is 20.0. The molecule has 0 spiro atoms. The van der Waals surface area contributed by atoms with Crippen molar-refractivity contribution in [2.24, 2.45) is 5.92 Å². The molecular weight excluding hydrogens is 388 g/mol. The molecule has 1 N–H and O–H groups in total. The van der Waals surface area contributed by atoms with Gasteiger partial charge < -0.3 is 14.8 Å². The SMILES string of the molecule is Cc1ccc(NC(=O)[C@H]2CCCN(c3ncnc4c3nc3n4CCCCC3)C2)cc1C. The van der Waals surface area contributed by atoms with E-state index in [0.29, 0.717) is 6.54 Å². The molecule has 0 saturated carbocycles. The number of aryl methyl sites for hydroxylation is 4. The molecule has 0 bridgehead atoms. The molecule has 7 nitrogen and oxygen atoms in total. The molecule has 1 amide bonds. The number of amides is 1. The number of rotatable bonds is 3. The first-order valence-electron chi connectivity index (χ1n) is 11.4. The molecule has 3 aromatic rings. The lowest BCUT2D eigenvalue weighted by Gasteiger charge is -2.32. The van der Waals surface area contributed by atoms with Crippen molar-refractivity contribution in [1.82, 2.24) is 19.5 Å². The highest BCUT2D eigenvalue weighted by Gasteiger charge is 2.29. The number of benzene rings is 1. The molecule has 4 heterocycles. The Morgan fingerprint density at radius 2 is 1.97 bits per heavy atom. The Bertz CT molecular complexity index is 1120. The van der Waals surface area contributed by atoms with Gasteiger partial charge in [0, 0.05) is 31.7 Å². The van der Waals surface area contributed by atoms with Crippen molar-refractivity contribution in [3.05, 3.63) is 41.5 Å². The van der Waals surface area contributed by atoms with Crippen LogP contribution >= 0.6 is 0 Å². The van der Waals surface area contributed by atoms with Gasteiger partial charge in [-0.15, -0.1) is 0 Å². The van der Waals surface area contributed by atoms with Gasteiger partial charge in [0.15, 0.2) is 17.0 Å². The maximum Gasteiger partial charge on any atom is 0.229 e. The quantitative estimate of drug-likeness (QED) is 0.695. The van der Waals surface area contributed by atoms with Gasteiger partial charge in [-0.3, -0.25) is 4.79 Å². The number of fused-ring (bicyclic) bond motifs is 3. The third-order valence-corrected chi connectivity index (χ3v) is 6.74. The van der Waals surface area contributed by atoms with E-state index in [2.05, 4.69) is 44.7 Å². The molecule has 2 aromatic heterocycles. The smallest absolute Gasteiger partial charge is 0.229 e. The maximum atomic E-state index is 13.0. The van der Waals surface area contributed by atoms with E-state index in [0.717, 1.165) is 60.8 Å². The molecule has 1 aromatic carbocycles. The van der Waals surface area contributed by atoms with E-state index in [4.69, 9.17) is 4.98 Å². The number of imidazole rings is 1. The van der Waals surface area contributed by atoms with Gasteiger partial charge in [0.1, 0.15) is 12.2 Å². The highest BCUT2D eigenvalue weighted by atomic mass is 16.1. The number of carbonyl (C=O) groups is 1. The Kier molecular flexibility index (Phi) is 5.34. The number of aromatic nitrogens is 4. The first-order chi connectivity index (χ1) is 15.1. The normalized spacial score (nSPS) is 19.2. The van der Waals surface area contributed by atoms with Crippen molar-refractivity contribution in [2.45, 2.75) is 58.9 Å². The van der Waals surface area contributed by atoms with Gasteiger partial charge in [-0.25, -0.2) is 15.0 Å². The fraction of sp³-hybridized carbons (Fsp3) is 0.500. The summed E-state index contributed by atoms with van der Waals surface area (Å²) in [6.45, 7) is 6.67. The van der Waals surface area contributed by atoms with Crippen molar-refractivity contribution in [3.8, 4) is 0 Å². The Balaban J connectivity index is 1.37. The van der Waals surface area contributed by atoms with Crippen LogP contribution in [0.15, 0.2) is 24.5 Å². The molecule has 1 fully saturated rings. The molecule has 162 valence electrons. The van der Waals surface area contributed by atoms with Crippen LogP contribution in [0, 0.1) is 19.8 Å². The van der Waals surface area contributed by atoms with Crippen LogP contribution in [-0.4, -0.2) is 38.5 Å². The number of hydrogen-bond donors (Lipinski definition) is 1. The van der Waals surface area contributed by atoms with Gasteiger partial charge in [0.25, 0.3) is 0 Å². The van der Waals surface area contributed by atoms with Crippen LogP contribution in [0.5, 0.6) is 0 Å². The summed E-state index contributed by atoms with van der Waals surface area (Å²) >= 11 is 0. The molecular formula is C24H30N6O. The summed E-state index contributed by atoms with van der Waals surface area (Å²) in [4.78, 5) is 29.3. The molecule has 2 aliphatic rings. The zero-order valence-corrected chi connectivity index (χ0v) is 18.4. The third-order valence-electron chi connectivity index (χ3n) is 6.74. The number of anilines is 2. The standard InChI is InChI=1S/C24H30N6O/c1-16-9-10-19(13-17(16)2)27-24(31)18-7-6-11-29(14-18)22-21-23(26-15-25-22)30-12-5-3-4-8-20(30)28-21/h9-10,13,15,18H,3-8,11-12,14H2,1-2H3,(H,27,31)/t18-/m0/s1. The van der Waals surface area contributed by atoms with E-state index >= 15 is 0 Å². The zero-order chi connectivity index (χ0) is 21.4. The van der Waals surface area contributed by atoms with Crippen LogP contribution in [0.25, 0.3) is 11.2 Å². The Hall–Kier alpha value is -2.96. The van der Waals surface area contributed by atoms with Gasteiger partial charge >= 0.3 is 0 Å². The monoisotopic (exact) mass is 418 g/mol. The first-order valence-corrected chi connectivity index (χ1v) is 11.4. The minimum atomic E-state index is -0.0687. The summed E-state index contributed by atoms with van der Waals surface area (Å²) in [6.07, 6.45) is 8.09. The highest BCUT2D eigenvalue weighted by molar-refractivity contribution is 5.93. The molecule has 0 aliphatic carbocycles. The van der Waals surface area contributed by atoms with Crippen molar-refractivity contribution in [3.63, 3.8) is 0 Å². The Morgan fingerprint density at radius 3 is 2.84 bits per heavy atom. The lowest BCUT2D eigenvalue weighted by molar-refractivity contribution is -0.120. The van der Waals surface area contributed by atoms with E-state index < -0.39 is 0 Å². The summed E-state index contributed by atoms with van der Waals surface area (Å²) in [5.41, 5.74) is 5.10.